The molecule has 0 amide bonds. The summed E-state index contributed by atoms with van der Waals surface area (Å²) in [4.78, 5) is 0. The molecular weight excluding hydrogens is 184 g/mol. The van der Waals surface area contributed by atoms with Gasteiger partial charge >= 0.3 is 0 Å². The Morgan fingerprint density at radius 1 is 1.40 bits per heavy atom. The van der Waals surface area contributed by atoms with E-state index in [1.807, 2.05) is 13.8 Å². The van der Waals surface area contributed by atoms with Crippen LogP contribution in [0.4, 0.5) is 0 Å². The van der Waals surface area contributed by atoms with E-state index in [4.69, 9.17) is 0 Å². The van der Waals surface area contributed by atoms with E-state index >= 15 is 0 Å². The normalized spacial score (nSPS) is 13.4. The van der Waals surface area contributed by atoms with Crippen molar-refractivity contribution in [3.63, 3.8) is 0 Å². The lowest BCUT2D eigenvalue weighted by molar-refractivity contribution is 0.0573. The molecule has 1 atom stereocenters. The van der Waals surface area contributed by atoms with Gasteiger partial charge in [0.25, 0.3) is 0 Å². The van der Waals surface area contributed by atoms with Gasteiger partial charge in [-0.3, -0.25) is 0 Å². The summed E-state index contributed by atoms with van der Waals surface area (Å²) in [6.45, 7) is 11.5. The smallest absolute Gasteiger partial charge is 0.0731 e. The molecule has 0 heterocycles. The van der Waals surface area contributed by atoms with Crippen LogP contribution < -0.4 is 0 Å². The molecule has 1 N–H and O–H groups in total. The van der Waals surface area contributed by atoms with Gasteiger partial charge in [0.15, 0.2) is 0 Å². The largest absolute Gasteiger partial charge is 0.389 e. The first-order chi connectivity index (χ1) is 6.83. The molecule has 0 spiro atoms. The molecule has 1 heteroatoms. The number of hydrogen-bond donors (Lipinski definition) is 1. The first kappa shape index (κ1) is 14.0. The van der Waals surface area contributed by atoms with Gasteiger partial charge in [0.2, 0.25) is 0 Å². The van der Waals surface area contributed by atoms with Gasteiger partial charge in [-0.15, -0.1) is 0 Å². The Morgan fingerprint density at radius 2 is 2.00 bits per heavy atom. The molecule has 1 nitrogen and oxygen atoms in total. The summed E-state index contributed by atoms with van der Waals surface area (Å²) in [6, 6.07) is 0. The maximum Gasteiger partial charge on any atom is 0.0731 e. The van der Waals surface area contributed by atoms with Crippen molar-refractivity contribution in [2.24, 2.45) is 0 Å². The van der Waals surface area contributed by atoms with E-state index in [1.165, 1.54) is 5.57 Å². The van der Waals surface area contributed by atoms with Crippen LogP contribution in [0.1, 0.15) is 47.0 Å². The van der Waals surface area contributed by atoms with E-state index in [0.717, 1.165) is 18.4 Å². The van der Waals surface area contributed by atoms with Crippen LogP contribution in [0.3, 0.4) is 0 Å². The maximum atomic E-state index is 9.98. The average Bonchev–Trinajstić information content (AvgIpc) is 2.01. The fraction of sp³-hybridized carbons (Fsp3) is 0.571. The number of rotatable bonds is 4. The Bertz CT molecular complexity index is 293. The van der Waals surface area contributed by atoms with Crippen LogP contribution in [0.15, 0.2) is 23.8 Å². The summed E-state index contributed by atoms with van der Waals surface area (Å²) in [7, 11) is 0. The van der Waals surface area contributed by atoms with E-state index in [2.05, 4.69) is 38.3 Å². The first-order valence-corrected chi connectivity index (χ1v) is 5.33. The summed E-state index contributed by atoms with van der Waals surface area (Å²) in [5.41, 5.74) is 1.45. The second kappa shape index (κ2) is 6.48. The van der Waals surface area contributed by atoms with E-state index in [0.29, 0.717) is 6.42 Å². The zero-order valence-electron chi connectivity index (χ0n) is 10.4. The lowest BCUT2D eigenvalue weighted by Gasteiger charge is -2.19. The van der Waals surface area contributed by atoms with Crippen molar-refractivity contribution < 1.29 is 5.11 Å². The SMILES string of the molecule is C=C(C)C#CCC(C)(O)CCC=C(C)C. The molecule has 0 aliphatic rings. The summed E-state index contributed by atoms with van der Waals surface area (Å²) in [5, 5.41) is 9.98. The molecular formula is C14H22O. The van der Waals surface area contributed by atoms with Crippen molar-refractivity contribution in [1.82, 2.24) is 0 Å². The molecule has 0 rings (SSSR count). The zero-order valence-corrected chi connectivity index (χ0v) is 10.4. The lowest BCUT2D eigenvalue weighted by atomic mass is 9.96. The van der Waals surface area contributed by atoms with Crippen LogP contribution in [0.2, 0.25) is 0 Å². The van der Waals surface area contributed by atoms with Crippen molar-refractivity contribution >= 4 is 0 Å². The summed E-state index contributed by atoms with van der Waals surface area (Å²) >= 11 is 0. The zero-order chi connectivity index (χ0) is 11.9. The molecule has 0 fully saturated rings. The molecule has 0 saturated heterocycles. The first-order valence-electron chi connectivity index (χ1n) is 5.33. The van der Waals surface area contributed by atoms with Crippen LogP contribution in [-0.2, 0) is 0 Å². The minimum absolute atomic E-state index is 0.510. The maximum absolute atomic E-state index is 9.98. The van der Waals surface area contributed by atoms with Crippen molar-refractivity contribution in [2.45, 2.75) is 52.6 Å². The second-order valence-electron chi connectivity index (χ2n) is 4.58. The highest BCUT2D eigenvalue weighted by atomic mass is 16.3. The molecule has 0 bridgehead atoms. The van der Waals surface area contributed by atoms with Crippen molar-refractivity contribution in [2.75, 3.05) is 0 Å². The molecule has 15 heavy (non-hydrogen) atoms. The molecule has 0 aromatic heterocycles. The molecule has 0 aliphatic carbocycles. The van der Waals surface area contributed by atoms with Gasteiger partial charge in [0, 0.05) is 6.42 Å². The van der Waals surface area contributed by atoms with Crippen LogP contribution in [0.25, 0.3) is 0 Å². The Kier molecular flexibility index (Phi) is 6.05. The third kappa shape index (κ3) is 9.31. The summed E-state index contributed by atoms with van der Waals surface area (Å²) in [5.74, 6) is 5.82. The highest BCUT2D eigenvalue weighted by Crippen LogP contribution is 2.16. The predicted molar refractivity (Wildman–Crippen MR) is 66.5 cm³/mol. The predicted octanol–water partition coefficient (Wildman–Crippen LogP) is 3.45. The Balaban J connectivity index is 4.04. The van der Waals surface area contributed by atoms with E-state index in [1.54, 1.807) is 0 Å². The monoisotopic (exact) mass is 206 g/mol. The van der Waals surface area contributed by atoms with Gasteiger partial charge in [-0.25, -0.2) is 0 Å². The molecule has 0 aliphatic heterocycles. The van der Waals surface area contributed by atoms with Gasteiger partial charge in [0.05, 0.1) is 5.60 Å². The van der Waals surface area contributed by atoms with Crippen molar-refractivity contribution in [1.29, 1.82) is 0 Å². The van der Waals surface area contributed by atoms with Crippen LogP contribution in [0, 0.1) is 11.8 Å². The standard InChI is InChI=1S/C14H22O/c1-12(2)8-6-10-14(5,15)11-7-9-13(3)4/h9,15H,1,7,10-11H2,2-5H3. The Labute approximate surface area is 93.9 Å². The summed E-state index contributed by atoms with van der Waals surface area (Å²) < 4.78 is 0. The topological polar surface area (TPSA) is 20.2 Å². The number of aliphatic hydroxyl groups is 1. The van der Waals surface area contributed by atoms with E-state index < -0.39 is 5.60 Å². The second-order valence-corrected chi connectivity index (χ2v) is 4.58. The van der Waals surface area contributed by atoms with Crippen LogP contribution >= 0.6 is 0 Å². The third-order valence-corrected chi connectivity index (χ3v) is 2.01. The minimum atomic E-state index is -0.686. The van der Waals surface area contributed by atoms with Crippen LogP contribution in [0.5, 0.6) is 0 Å². The average molecular weight is 206 g/mol. The van der Waals surface area contributed by atoms with E-state index in [-0.39, 0.29) is 0 Å². The Morgan fingerprint density at radius 3 is 2.47 bits per heavy atom. The fourth-order valence-electron chi connectivity index (χ4n) is 1.15. The van der Waals surface area contributed by atoms with Crippen LogP contribution in [-0.4, -0.2) is 10.7 Å². The molecule has 1 unspecified atom stereocenters. The van der Waals surface area contributed by atoms with Gasteiger partial charge < -0.3 is 5.11 Å². The lowest BCUT2D eigenvalue weighted by Crippen LogP contribution is -2.22. The molecule has 0 aromatic rings. The van der Waals surface area contributed by atoms with Crippen molar-refractivity contribution in [3.05, 3.63) is 23.8 Å². The highest BCUT2D eigenvalue weighted by molar-refractivity contribution is 5.23. The van der Waals surface area contributed by atoms with Gasteiger partial charge in [-0.05, 0) is 46.1 Å². The summed E-state index contributed by atoms with van der Waals surface area (Å²) in [6.07, 6.45) is 4.31. The van der Waals surface area contributed by atoms with E-state index in [9.17, 15) is 5.11 Å². The Hall–Kier alpha value is -1.00. The quantitative estimate of drug-likeness (QED) is 0.551. The van der Waals surface area contributed by atoms with Gasteiger partial charge in [0.1, 0.15) is 0 Å². The number of allylic oxidation sites excluding steroid dienone is 3. The van der Waals surface area contributed by atoms with Crippen molar-refractivity contribution in [3.8, 4) is 11.8 Å². The molecule has 0 saturated carbocycles. The molecule has 84 valence electrons. The van der Waals surface area contributed by atoms with Gasteiger partial charge in [-0.1, -0.05) is 30.1 Å². The third-order valence-electron chi connectivity index (χ3n) is 2.01. The number of hydrogen-bond acceptors (Lipinski definition) is 1. The molecule has 0 radical (unpaired) electrons. The van der Waals surface area contributed by atoms with Gasteiger partial charge in [-0.2, -0.15) is 0 Å². The highest BCUT2D eigenvalue weighted by Gasteiger charge is 2.17. The minimum Gasteiger partial charge on any atom is -0.389 e. The fourth-order valence-corrected chi connectivity index (χ4v) is 1.15. The molecule has 0 aromatic carbocycles.